The third kappa shape index (κ3) is 2.84. The van der Waals surface area contributed by atoms with Gasteiger partial charge >= 0.3 is 0 Å². The van der Waals surface area contributed by atoms with Crippen LogP contribution in [0, 0.1) is 10.1 Å². The van der Waals surface area contributed by atoms with Crippen molar-refractivity contribution in [1.29, 1.82) is 0 Å². The van der Waals surface area contributed by atoms with E-state index in [2.05, 4.69) is 15.6 Å². The van der Waals surface area contributed by atoms with Crippen molar-refractivity contribution in [3.05, 3.63) is 33.9 Å². The predicted octanol–water partition coefficient (Wildman–Crippen LogP) is -0.155. The van der Waals surface area contributed by atoms with Gasteiger partial charge in [0.05, 0.1) is 6.21 Å². The number of nitro groups is 1. The summed E-state index contributed by atoms with van der Waals surface area (Å²) in [5.74, 6) is 0.873. The number of hydrazone groups is 2. The first-order valence-corrected chi connectivity index (χ1v) is 4.82. The van der Waals surface area contributed by atoms with Crippen molar-refractivity contribution in [2.24, 2.45) is 15.9 Å². The van der Waals surface area contributed by atoms with Crippen LogP contribution in [-0.4, -0.2) is 24.0 Å². The van der Waals surface area contributed by atoms with Crippen molar-refractivity contribution in [1.82, 2.24) is 5.43 Å². The normalized spacial score (nSPS) is 13.9. The quantitative estimate of drug-likeness (QED) is 0.333. The molecule has 0 aromatic heterocycles. The third-order valence-electron chi connectivity index (χ3n) is 1.98. The number of rotatable bonds is 3. The SMILES string of the molecule is NC(=N[N+](=O)[O-])NN=Cc1ccc2c(c1)OCO2. The van der Waals surface area contributed by atoms with E-state index < -0.39 is 11.0 Å². The van der Waals surface area contributed by atoms with Crippen LogP contribution in [0.2, 0.25) is 0 Å². The van der Waals surface area contributed by atoms with E-state index in [1.165, 1.54) is 6.21 Å². The molecule has 0 unspecified atom stereocenters. The number of fused-ring (bicyclic) bond motifs is 1. The zero-order valence-electron chi connectivity index (χ0n) is 9.07. The summed E-state index contributed by atoms with van der Waals surface area (Å²) < 4.78 is 10.3. The number of nitrogens with two attached hydrogens (primary N) is 1. The van der Waals surface area contributed by atoms with Crippen molar-refractivity contribution in [3.8, 4) is 11.5 Å². The van der Waals surface area contributed by atoms with Gasteiger partial charge in [0, 0.05) is 0 Å². The third-order valence-corrected chi connectivity index (χ3v) is 1.98. The summed E-state index contributed by atoms with van der Waals surface area (Å²) in [5, 5.41) is 15.6. The molecule has 0 saturated carbocycles. The lowest BCUT2D eigenvalue weighted by molar-refractivity contribution is -0.485. The van der Waals surface area contributed by atoms with Gasteiger partial charge in [-0.3, -0.25) is 0 Å². The summed E-state index contributed by atoms with van der Waals surface area (Å²) in [6.45, 7) is 0.191. The number of benzene rings is 1. The molecule has 9 nitrogen and oxygen atoms in total. The minimum Gasteiger partial charge on any atom is -0.454 e. The topological polar surface area (TPSA) is 124 Å². The minimum absolute atomic E-state index is 0.191. The fourth-order valence-electron chi connectivity index (χ4n) is 1.28. The smallest absolute Gasteiger partial charge is 0.286 e. The van der Waals surface area contributed by atoms with Gasteiger partial charge in [-0.2, -0.15) is 5.10 Å². The second-order valence-electron chi connectivity index (χ2n) is 3.21. The lowest BCUT2D eigenvalue weighted by Crippen LogP contribution is -2.28. The van der Waals surface area contributed by atoms with Gasteiger partial charge < -0.3 is 15.2 Å². The van der Waals surface area contributed by atoms with E-state index in [9.17, 15) is 10.1 Å². The summed E-state index contributed by atoms with van der Waals surface area (Å²) in [7, 11) is 0. The molecule has 2 rings (SSSR count). The number of hydrogen-bond donors (Lipinski definition) is 2. The average Bonchev–Trinajstić information content (AvgIpc) is 2.75. The van der Waals surface area contributed by atoms with Crippen LogP contribution in [0.3, 0.4) is 0 Å². The Bertz CT molecular complexity index is 528. The van der Waals surface area contributed by atoms with Gasteiger partial charge in [-0.05, 0) is 23.8 Å². The average molecular weight is 251 g/mol. The Morgan fingerprint density at radius 2 is 2.28 bits per heavy atom. The van der Waals surface area contributed by atoms with E-state index in [0.717, 1.165) is 5.56 Å². The summed E-state index contributed by atoms with van der Waals surface area (Å²) in [5.41, 5.74) is 8.10. The number of nitrogens with zero attached hydrogens (tertiary/aromatic N) is 3. The monoisotopic (exact) mass is 251 g/mol. The lowest BCUT2D eigenvalue weighted by atomic mass is 10.2. The first kappa shape index (κ1) is 11.6. The van der Waals surface area contributed by atoms with Gasteiger partial charge in [-0.15, -0.1) is 0 Å². The zero-order chi connectivity index (χ0) is 13.0. The molecule has 1 aliphatic heterocycles. The van der Waals surface area contributed by atoms with Crippen molar-refractivity contribution in [2.45, 2.75) is 0 Å². The Hall–Kier alpha value is -2.84. The predicted molar refractivity (Wildman–Crippen MR) is 61.9 cm³/mol. The number of guanidine groups is 1. The molecule has 0 aliphatic carbocycles. The van der Waals surface area contributed by atoms with E-state index in [1.807, 2.05) is 0 Å². The largest absolute Gasteiger partial charge is 0.454 e. The van der Waals surface area contributed by atoms with Gasteiger partial charge in [0.1, 0.15) is 5.10 Å². The molecule has 0 saturated heterocycles. The molecule has 0 atom stereocenters. The molecule has 0 bridgehead atoms. The van der Waals surface area contributed by atoms with E-state index in [-0.39, 0.29) is 6.79 Å². The summed E-state index contributed by atoms with van der Waals surface area (Å²) in [6, 6.07) is 5.20. The Morgan fingerprint density at radius 3 is 3.06 bits per heavy atom. The number of hydrogen-bond acceptors (Lipinski definition) is 5. The Kier molecular flexibility index (Phi) is 3.23. The molecule has 0 amide bonds. The van der Waals surface area contributed by atoms with Crippen molar-refractivity contribution in [3.63, 3.8) is 0 Å². The highest BCUT2D eigenvalue weighted by atomic mass is 16.7. The molecule has 1 heterocycles. The molecular formula is C9H9N5O4. The van der Waals surface area contributed by atoms with Crippen LogP contribution in [-0.2, 0) is 0 Å². The second kappa shape index (κ2) is 4.99. The van der Waals surface area contributed by atoms with Crippen molar-refractivity contribution < 1.29 is 14.5 Å². The van der Waals surface area contributed by atoms with Gasteiger partial charge in [0.15, 0.2) is 16.5 Å². The van der Waals surface area contributed by atoms with E-state index in [1.54, 1.807) is 18.2 Å². The van der Waals surface area contributed by atoms with Crippen LogP contribution >= 0.6 is 0 Å². The molecule has 3 N–H and O–H groups in total. The second-order valence-corrected chi connectivity index (χ2v) is 3.21. The zero-order valence-corrected chi connectivity index (χ0v) is 9.07. The maximum absolute atomic E-state index is 9.99. The summed E-state index contributed by atoms with van der Waals surface area (Å²) >= 11 is 0. The molecule has 1 aromatic rings. The summed E-state index contributed by atoms with van der Waals surface area (Å²) in [6.07, 6.45) is 1.42. The molecule has 9 heteroatoms. The van der Waals surface area contributed by atoms with E-state index in [4.69, 9.17) is 15.2 Å². The van der Waals surface area contributed by atoms with Gasteiger partial charge in [-0.1, -0.05) is 0 Å². The van der Waals surface area contributed by atoms with Crippen molar-refractivity contribution >= 4 is 12.2 Å². The van der Waals surface area contributed by atoms with Crippen LogP contribution in [0.4, 0.5) is 0 Å². The molecule has 1 aliphatic rings. The first-order chi connectivity index (χ1) is 8.65. The Morgan fingerprint density at radius 1 is 1.50 bits per heavy atom. The molecule has 1 aromatic carbocycles. The van der Waals surface area contributed by atoms with Gasteiger partial charge in [-0.25, -0.2) is 15.5 Å². The minimum atomic E-state index is -0.918. The highest BCUT2D eigenvalue weighted by Crippen LogP contribution is 2.31. The number of ether oxygens (including phenoxy) is 2. The van der Waals surface area contributed by atoms with Crippen molar-refractivity contribution in [2.75, 3.05) is 6.79 Å². The maximum atomic E-state index is 9.99. The van der Waals surface area contributed by atoms with Crippen LogP contribution in [0.25, 0.3) is 0 Å². The molecule has 94 valence electrons. The highest BCUT2D eigenvalue weighted by molar-refractivity contribution is 5.83. The number of nitrogens with one attached hydrogen (secondary N) is 1. The van der Waals surface area contributed by atoms with Crippen LogP contribution in [0.15, 0.2) is 28.4 Å². The Balaban J connectivity index is 1.99. The van der Waals surface area contributed by atoms with Gasteiger partial charge in [0.25, 0.3) is 5.96 Å². The fraction of sp³-hybridized carbons (Fsp3) is 0.111. The van der Waals surface area contributed by atoms with Crippen LogP contribution < -0.4 is 20.6 Å². The fourth-order valence-corrected chi connectivity index (χ4v) is 1.28. The van der Waals surface area contributed by atoms with E-state index in [0.29, 0.717) is 11.5 Å². The first-order valence-electron chi connectivity index (χ1n) is 4.82. The molecule has 0 radical (unpaired) electrons. The molecule has 18 heavy (non-hydrogen) atoms. The van der Waals surface area contributed by atoms with Crippen LogP contribution in [0.5, 0.6) is 11.5 Å². The maximum Gasteiger partial charge on any atom is 0.286 e. The summed E-state index contributed by atoms with van der Waals surface area (Å²) in [4.78, 5) is 9.99. The van der Waals surface area contributed by atoms with Gasteiger partial charge in [0.2, 0.25) is 6.79 Å². The van der Waals surface area contributed by atoms with E-state index >= 15 is 0 Å². The van der Waals surface area contributed by atoms with Crippen LogP contribution in [0.1, 0.15) is 5.56 Å². The molecular weight excluding hydrogens is 242 g/mol. The standard InChI is InChI=1S/C9H9N5O4/c10-9(13-14(15)16)12-11-4-6-1-2-7-8(3-6)18-5-17-7/h1-4H,5H2,(H3,10,12,13). The highest BCUT2D eigenvalue weighted by Gasteiger charge is 2.12. The molecule has 0 spiro atoms. The lowest BCUT2D eigenvalue weighted by Gasteiger charge is -1.97. The molecule has 0 fully saturated rings. The Labute approximate surface area is 101 Å².